The maximum absolute atomic E-state index is 13.4. The highest BCUT2D eigenvalue weighted by molar-refractivity contribution is 5.82. The van der Waals surface area contributed by atoms with Gasteiger partial charge < -0.3 is 9.15 Å². The highest BCUT2D eigenvalue weighted by Gasteiger charge is 2.22. The maximum atomic E-state index is 13.4. The van der Waals surface area contributed by atoms with Gasteiger partial charge >= 0.3 is 5.63 Å². The van der Waals surface area contributed by atoms with Gasteiger partial charge in [-0.25, -0.2) is 13.6 Å². The summed E-state index contributed by atoms with van der Waals surface area (Å²) in [6.07, 6.45) is 4.41. The summed E-state index contributed by atoms with van der Waals surface area (Å²) in [5, 5.41) is 0.409. The van der Waals surface area contributed by atoms with Crippen LogP contribution in [0.5, 0.6) is 5.88 Å². The number of hydrogen-bond acceptors (Lipinski definition) is 5. The van der Waals surface area contributed by atoms with E-state index in [4.69, 9.17) is 9.15 Å². The molecule has 7 heteroatoms. The Morgan fingerprint density at radius 3 is 2.52 bits per heavy atom. The fourth-order valence-electron chi connectivity index (χ4n) is 4.20. The summed E-state index contributed by atoms with van der Waals surface area (Å²) in [5.41, 5.74) is 2.04. The molecule has 0 N–H and O–H groups in total. The van der Waals surface area contributed by atoms with Gasteiger partial charge in [-0.2, -0.15) is 9.97 Å². The summed E-state index contributed by atoms with van der Waals surface area (Å²) in [6, 6.07) is 9.31. The quantitative estimate of drug-likeness (QED) is 0.455. The van der Waals surface area contributed by atoms with Crippen LogP contribution in [-0.4, -0.2) is 9.97 Å². The lowest BCUT2D eigenvalue weighted by molar-refractivity contribution is 0.138. The van der Waals surface area contributed by atoms with Crippen molar-refractivity contribution in [3.63, 3.8) is 0 Å². The smallest absolute Gasteiger partial charge is 0.337 e. The molecule has 1 fully saturated rings. The number of fused-ring (bicyclic) bond motifs is 1. The predicted octanol–water partition coefficient (Wildman–Crippen LogP) is 5.78. The van der Waals surface area contributed by atoms with E-state index in [1.54, 1.807) is 0 Å². The minimum Gasteiger partial charge on any atom is -0.472 e. The fraction of sp³-hybridized carbons (Fsp3) is 0.458. The Balaban J connectivity index is 1.68. The Bertz CT molecular complexity index is 1090. The predicted molar refractivity (Wildman–Crippen MR) is 113 cm³/mol. The molecule has 0 aliphatic heterocycles. The first-order valence-corrected chi connectivity index (χ1v) is 10.9. The van der Waals surface area contributed by atoms with Gasteiger partial charge in [-0.1, -0.05) is 56.9 Å². The molecule has 4 rings (SSSR count). The zero-order chi connectivity index (χ0) is 21.8. The Kier molecular flexibility index (Phi) is 6.59. The number of benzene rings is 1. The molecule has 0 saturated heterocycles. The molecule has 164 valence electrons. The lowest BCUT2D eigenvalue weighted by Crippen LogP contribution is -2.09. The standard InChI is InChI=1S/C24H26F2N2O3/c1-2-15-7-9-17(10-8-15)14-30-23-20-18(12-11-16-5-3-4-6-16)13-19(29)31-24(20)28-22(27-23)21(25)26/h7-10,13,16,21H,2-6,11-12,14H2,1H3. The molecule has 0 radical (unpaired) electrons. The summed E-state index contributed by atoms with van der Waals surface area (Å²) < 4.78 is 37.8. The number of ether oxygens (including phenoxy) is 1. The van der Waals surface area contributed by atoms with Crippen molar-refractivity contribution in [2.24, 2.45) is 5.92 Å². The summed E-state index contributed by atoms with van der Waals surface area (Å²) >= 11 is 0. The molecule has 5 nitrogen and oxygen atoms in total. The second kappa shape index (κ2) is 9.54. The molecular formula is C24H26F2N2O3. The van der Waals surface area contributed by atoms with Gasteiger partial charge in [0.1, 0.15) is 12.0 Å². The first-order valence-electron chi connectivity index (χ1n) is 10.9. The maximum Gasteiger partial charge on any atom is 0.337 e. The third-order valence-electron chi connectivity index (χ3n) is 5.97. The van der Waals surface area contributed by atoms with Crippen LogP contribution in [0.25, 0.3) is 11.1 Å². The van der Waals surface area contributed by atoms with Gasteiger partial charge in [-0.05, 0) is 41.9 Å². The van der Waals surface area contributed by atoms with Crippen LogP contribution in [-0.2, 0) is 19.4 Å². The number of nitrogens with zero attached hydrogens (tertiary/aromatic N) is 2. The van der Waals surface area contributed by atoms with Crippen molar-refractivity contribution in [2.45, 2.75) is 64.9 Å². The molecule has 3 aromatic rings. The number of aromatic nitrogens is 2. The Hall–Kier alpha value is -2.83. The van der Waals surface area contributed by atoms with E-state index in [-0.39, 0.29) is 18.2 Å². The zero-order valence-corrected chi connectivity index (χ0v) is 17.6. The SMILES string of the molecule is CCc1ccc(COc2nc(C(F)F)nc3oc(=O)cc(CCC4CCCC4)c23)cc1. The molecule has 1 saturated carbocycles. The van der Waals surface area contributed by atoms with E-state index in [2.05, 4.69) is 16.9 Å². The van der Waals surface area contributed by atoms with Crippen LogP contribution in [0.15, 0.2) is 39.5 Å². The fourth-order valence-corrected chi connectivity index (χ4v) is 4.20. The number of hydrogen-bond donors (Lipinski definition) is 0. The van der Waals surface area contributed by atoms with Crippen LogP contribution in [0.1, 0.15) is 68.0 Å². The number of halogens is 2. The molecule has 0 amide bonds. The van der Waals surface area contributed by atoms with E-state index >= 15 is 0 Å². The Morgan fingerprint density at radius 1 is 1.13 bits per heavy atom. The molecule has 0 atom stereocenters. The van der Waals surface area contributed by atoms with Crippen molar-refractivity contribution in [1.82, 2.24) is 9.97 Å². The molecule has 0 spiro atoms. The van der Waals surface area contributed by atoms with Crippen LogP contribution < -0.4 is 10.4 Å². The van der Waals surface area contributed by atoms with E-state index in [9.17, 15) is 13.6 Å². The third kappa shape index (κ3) is 5.09. The van der Waals surface area contributed by atoms with Crippen molar-refractivity contribution >= 4 is 11.1 Å². The van der Waals surface area contributed by atoms with E-state index in [0.29, 0.717) is 23.3 Å². The van der Waals surface area contributed by atoms with Gasteiger partial charge in [0.25, 0.3) is 6.43 Å². The lowest BCUT2D eigenvalue weighted by atomic mass is 9.97. The Labute approximate surface area is 179 Å². The molecule has 0 unspecified atom stereocenters. The molecule has 2 aromatic heterocycles. The van der Waals surface area contributed by atoms with Crippen LogP contribution in [0.4, 0.5) is 8.78 Å². The van der Waals surface area contributed by atoms with Crippen molar-refractivity contribution in [3.05, 3.63) is 63.3 Å². The molecule has 1 aliphatic carbocycles. The Morgan fingerprint density at radius 2 is 1.84 bits per heavy atom. The van der Waals surface area contributed by atoms with Crippen LogP contribution >= 0.6 is 0 Å². The van der Waals surface area contributed by atoms with Crippen molar-refractivity contribution in [1.29, 1.82) is 0 Å². The molecule has 1 aliphatic rings. The second-order valence-corrected chi connectivity index (χ2v) is 8.11. The van der Waals surface area contributed by atoms with Crippen LogP contribution in [0.2, 0.25) is 0 Å². The zero-order valence-electron chi connectivity index (χ0n) is 17.6. The minimum absolute atomic E-state index is 0.0324. The topological polar surface area (TPSA) is 65.2 Å². The summed E-state index contributed by atoms with van der Waals surface area (Å²) in [7, 11) is 0. The van der Waals surface area contributed by atoms with Gasteiger partial charge in [0.15, 0.2) is 0 Å². The van der Waals surface area contributed by atoms with E-state index in [0.717, 1.165) is 18.4 Å². The second-order valence-electron chi connectivity index (χ2n) is 8.11. The summed E-state index contributed by atoms with van der Waals surface area (Å²) in [4.78, 5) is 19.9. The van der Waals surface area contributed by atoms with E-state index in [1.165, 1.54) is 37.3 Å². The van der Waals surface area contributed by atoms with Gasteiger partial charge in [0, 0.05) is 6.07 Å². The van der Waals surface area contributed by atoms with E-state index < -0.39 is 17.9 Å². The number of rotatable bonds is 8. The normalized spacial score (nSPS) is 14.6. The largest absolute Gasteiger partial charge is 0.472 e. The van der Waals surface area contributed by atoms with Gasteiger partial charge in [-0.3, -0.25) is 0 Å². The van der Waals surface area contributed by atoms with Gasteiger partial charge in [0.05, 0.1) is 0 Å². The third-order valence-corrected chi connectivity index (χ3v) is 5.97. The molecule has 1 aromatic carbocycles. The van der Waals surface area contributed by atoms with Gasteiger partial charge in [0.2, 0.25) is 17.4 Å². The molecule has 0 bridgehead atoms. The number of alkyl halides is 2. The summed E-state index contributed by atoms with van der Waals surface area (Å²) in [6.45, 7) is 2.24. The average molecular weight is 428 g/mol. The monoisotopic (exact) mass is 428 g/mol. The summed E-state index contributed by atoms with van der Waals surface area (Å²) in [5.74, 6) is -0.0602. The molecular weight excluding hydrogens is 402 g/mol. The lowest BCUT2D eigenvalue weighted by Gasteiger charge is -2.14. The van der Waals surface area contributed by atoms with Crippen LogP contribution in [0.3, 0.4) is 0 Å². The van der Waals surface area contributed by atoms with E-state index in [1.807, 2.05) is 24.3 Å². The average Bonchev–Trinajstić information content (AvgIpc) is 3.29. The minimum atomic E-state index is -2.90. The molecule has 2 heterocycles. The van der Waals surface area contributed by atoms with Crippen molar-refractivity contribution < 1.29 is 17.9 Å². The highest BCUT2D eigenvalue weighted by atomic mass is 19.3. The molecule has 31 heavy (non-hydrogen) atoms. The van der Waals surface area contributed by atoms with Crippen molar-refractivity contribution in [3.8, 4) is 5.88 Å². The van der Waals surface area contributed by atoms with Crippen LogP contribution in [0, 0.1) is 5.92 Å². The van der Waals surface area contributed by atoms with Gasteiger partial charge in [-0.15, -0.1) is 0 Å². The highest BCUT2D eigenvalue weighted by Crippen LogP contribution is 2.33. The first-order chi connectivity index (χ1) is 15.0. The number of aryl methyl sites for hydroxylation is 2. The first kappa shape index (κ1) is 21.4. The van der Waals surface area contributed by atoms with Crippen molar-refractivity contribution in [2.75, 3.05) is 0 Å².